The molecule has 0 atom stereocenters. The van der Waals surface area contributed by atoms with E-state index < -0.39 is 0 Å². The number of amides is 1. The third kappa shape index (κ3) is 5.61. The van der Waals surface area contributed by atoms with Gasteiger partial charge in [0.2, 0.25) is 0 Å². The minimum Gasteiger partial charge on any atom is -0.484 e. The molecule has 0 aromatic heterocycles. The highest BCUT2D eigenvalue weighted by atomic mass is 79.9. The summed E-state index contributed by atoms with van der Waals surface area (Å²) in [7, 11) is 1.77. The zero-order valence-electron chi connectivity index (χ0n) is 11.6. The predicted octanol–water partition coefficient (Wildman–Crippen LogP) is 2.27. The van der Waals surface area contributed by atoms with Crippen LogP contribution in [0.5, 0.6) is 5.75 Å². The van der Waals surface area contributed by atoms with E-state index in [0.717, 1.165) is 4.47 Å². The number of rotatable bonds is 6. The van der Waals surface area contributed by atoms with E-state index in [1.54, 1.807) is 11.9 Å². The van der Waals surface area contributed by atoms with Gasteiger partial charge < -0.3 is 15.4 Å². The Morgan fingerprint density at radius 3 is 2.47 bits per heavy atom. The number of benzene rings is 1. The summed E-state index contributed by atoms with van der Waals surface area (Å²) in [4.78, 5) is 13.6. The first-order valence-electron chi connectivity index (χ1n) is 6.16. The highest BCUT2D eigenvalue weighted by Crippen LogP contribution is 2.17. The molecule has 0 fully saturated rings. The van der Waals surface area contributed by atoms with E-state index in [2.05, 4.69) is 15.9 Å². The molecule has 0 radical (unpaired) electrons. The Labute approximate surface area is 123 Å². The highest BCUT2D eigenvalue weighted by Gasteiger charge is 2.21. The van der Waals surface area contributed by atoms with Crippen molar-refractivity contribution in [2.24, 2.45) is 11.1 Å². The van der Waals surface area contributed by atoms with Gasteiger partial charge in [-0.1, -0.05) is 29.8 Å². The summed E-state index contributed by atoms with van der Waals surface area (Å²) in [5, 5.41) is 0. The molecule has 1 rings (SSSR count). The molecule has 0 aliphatic rings. The van der Waals surface area contributed by atoms with E-state index in [-0.39, 0.29) is 17.9 Å². The SMILES string of the molecule is CN(CC(C)(C)CN)C(=O)COc1ccc(Br)cc1. The summed E-state index contributed by atoms with van der Waals surface area (Å²) in [6, 6.07) is 7.39. The zero-order valence-corrected chi connectivity index (χ0v) is 13.2. The second-order valence-electron chi connectivity index (χ2n) is 5.36. The minimum atomic E-state index is -0.0813. The van der Waals surface area contributed by atoms with Crippen molar-refractivity contribution in [2.75, 3.05) is 26.7 Å². The fourth-order valence-electron chi connectivity index (χ4n) is 1.58. The number of nitrogens with two attached hydrogens (primary N) is 1. The first kappa shape index (κ1) is 16.0. The molecule has 0 unspecified atom stereocenters. The van der Waals surface area contributed by atoms with Crippen molar-refractivity contribution >= 4 is 21.8 Å². The van der Waals surface area contributed by atoms with Crippen molar-refractivity contribution in [1.29, 1.82) is 0 Å². The molecule has 0 spiro atoms. The lowest BCUT2D eigenvalue weighted by Gasteiger charge is -2.29. The molecule has 0 heterocycles. The van der Waals surface area contributed by atoms with Crippen LogP contribution in [-0.4, -0.2) is 37.6 Å². The molecule has 4 nitrogen and oxygen atoms in total. The van der Waals surface area contributed by atoms with Gasteiger partial charge in [0.05, 0.1) is 0 Å². The van der Waals surface area contributed by atoms with Crippen molar-refractivity contribution in [3.63, 3.8) is 0 Å². The number of hydrogen-bond donors (Lipinski definition) is 1. The molecule has 106 valence electrons. The highest BCUT2D eigenvalue weighted by molar-refractivity contribution is 9.10. The van der Waals surface area contributed by atoms with E-state index >= 15 is 0 Å². The number of ether oxygens (including phenoxy) is 1. The second-order valence-corrected chi connectivity index (χ2v) is 6.28. The number of carbonyl (C=O) groups is 1. The molecule has 19 heavy (non-hydrogen) atoms. The minimum absolute atomic E-state index is 0.0405. The molecule has 0 aliphatic heterocycles. The smallest absolute Gasteiger partial charge is 0.260 e. The van der Waals surface area contributed by atoms with Crippen LogP contribution in [0.1, 0.15) is 13.8 Å². The molecule has 1 aromatic carbocycles. The lowest BCUT2D eigenvalue weighted by atomic mass is 9.93. The van der Waals surface area contributed by atoms with Gasteiger partial charge in [-0.25, -0.2) is 0 Å². The fraction of sp³-hybridized carbons (Fsp3) is 0.500. The average molecular weight is 329 g/mol. The summed E-state index contributed by atoms with van der Waals surface area (Å²) >= 11 is 3.35. The summed E-state index contributed by atoms with van der Waals surface area (Å²) in [6.45, 7) is 5.27. The summed E-state index contributed by atoms with van der Waals surface area (Å²) in [5.41, 5.74) is 5.58. The Morgan fingerprint density at radius 2 is 1.95 bits per heavy atom. The summed E-state index contributed by atoms with van der Waals surface area (Å²) in [5.74, 6) is 0.632. The van der Waals surface area contributed by atoms with Crippen molar-refractivity contribution in [2.45, 2.75) is 13.8 Å². The van der Waals surface area contributed by atoms with E-state index in [4.69, 9.17) is 10.5 Å². The molecule has 1 amide bonds. The van der Waals surface area contributed by atoms with Gasteiger partial charge in [0.15, 0.2) is 6.61 Å². The van der Waals surface area contributed by atoms with Crippen LogP contribution in [0.4, 0.5) is 0 Å². The first-order valence-corrected chi connectivity index (χ1v) is 6.96. The van der Waals surface area contributed by atoms with E-state index in [1.165, 1.54) is 0 Å². The molecule has 0 saturated carbocycles. The van der Waals surface area contributed by atoms with Gasteiger partial charge >= 0.3 is 0 Å². The molecule has 0 saturated heterocycles. The molecule has 5 heteroatoms. The van der Waals surface area contributed by atoms with Crippen molar-refractivity contribution in [3.8, 4) is 5.75 Å². The van der Waals surface area contributed by atoms with Crippen molar-refractivity contribution < 1.29 is 9.53 Å². The average Bonchev–Trinajstić information content (AvgIpc) is 2.37. The monoisotopic (exact) mass is 328 g/mol. The maximum atomic E-state index is 11.9. The van der Waals surface area contributed by atoms with E-state index in [0.29, 0.717) is 18.8 Å². The van der Waals surface area contributed by atoms with Crippen LogP contribution in [0.15, 0.2) is 28.7 Å². The van der Waals surface area contributed by atoms with Gasteiger partial charge in [0.25, 0.3) is 5.91 Å². The van der Waals surface area contributed by atoms with E-state index in [9.17, 15) is 4.79 Å². The van der Waals surface area contributed by atoms with E-state index in [1.807, 2.05) is 38.1 Å². The van der Waals surface area contributed by atoms with Gasteiger partial charge in [-0.3, -0.25) is 4.79 Å². The molecule has 1 aromatic rings. The fourth-order valence-corrected chi connectivity index (χ4v) is 1.85. The first-order chi connectivity index (χ1) is 8.84. The maximum Gasteiger partial charge on any atom is 0.260 e. The van der Waals surface area contributed by atoms with Crippen LogP contribution in [-0.2, 0) is 4.79 Å². The third-order valence-corrected chi connectivity index (χ3v) is 3.35. The molecule has 0 aliphatic carbocycles. The Morgan fingerprint density at radius 1 is 1.37 bits per heavy atom. The van der Waals surface area contributed by atoms with Crippen LogP contribution >= 0.6 is 15.9 Å². The second kappa shape index (κ2) is 6.91. The Bertz CT molecular complexity index is 418. The Kier molecular flexibility index (Phi) is 5.82. The molecular weight excluding hydrogens is 308 g/mol. The van der Waals surface area contributed by atoms with Gasteiger partial charge in [0.1, 0.15) is 5.75 Å². The number of nitrogens with zero attached hydrogens (tertiary/aromatic N) is 1. The van der Waals surface area contributed by atoms with Crippen LogP contribution in [0.3, 0.4) is 0 Å². The Balaban J connectivity index is 2.44. The molecular formula is C14H21BrN2O2. The molecule has 0 bridgehead atoms. The number of carbonyl (C=O) groups excluding carboxylic acids is 1. The van der Waals surface area contributed by atoms with Crippen molar-refractivity contribution in [3.05, 3.63) is 28.7 Å². The Hall–Kier alpha value is -1.07. The van der Waals surface area contributed by atoms with Crippen molar-refractivity contribution in [1.82, 2.24) is 4.90 Å². The number of hydrogen-bond acceptors (Lipinski definition) is 3. The van der Waals surface area contributed by atoms with Crippen LogP contribution in [0, 0.1) is 5.41 Å². The lowest BCUT2D eigenvalue weighted by molar-refractivity contribution is -0.133. The van der Waals surface area contributed by atoms with Gasteiger partial charge in [-0.05, 0) is 36.2 Å². The zero-order chi connectivity index (χ0) is 14.5. The number of likely N-dealkylation sites (N-methyl/N-ethyl adjacent to an activating group) is 1. The van der Waals surface area contributed by atoms with Crippen LogP contribution in [0.2, 0.25) is 0 Å². The third-order valence-electron chi connectivity index (χ3n) is 2.82. The number of halogens is 1. The summed E-state index contributed by atoms with van der Waals surface area (Å²) < 4.78 is 6.43. The van der Waals surface area contributed by atoms with Crippen LogP contribution < -0.4 is 10.5 Å². The van der Waals surface area contributed by atoms with Crippen LogP contribution in [0.25, 0.3) is 0 Å². The molecule has 2 N–H and O–H groups in total. The largest absolute Gasteiger partial charge is 0.484 e. The van der Waals surface area contributed by atoms with Gasteiger partial charge in [0, 0.05) is 18.1 Å². The van der Waals surface area contributed by atoms with Gasteiger partial charge in [-0.2, -0.15) is 0 Å². The quantitative estimate of drug-likeness (QED) is 0.871. The standard InChI is InChI=1S/C14H21BrN2O2/c1-14(2,9-16)10-17(3)13(18)8-19-12-6-4-11(15)5-7-12/h4-7H,8-10,16H2,1-3H3. The maximum absolute atomic E-state index is 11.9. The van der Waals surface area contributed by atoms with Gasteiger partial charge in [-0.15, -0.1) is 0 Å². The predicted molar refractivity (Wildman–Crippen MR) is 80.1 cm³/mol. The summed E-state index contributed by atoms with van der Waals surface area (Å²) in [6.07, 6.45) is 0. The topological polar surface area (TPSA) is 55.6 Å². The lowest BCUT2D eigenvalue weighted by Crippen LogP contribution is -2.41. The normalized spacial score (nSPS) is 11.2.